The molecule has 1 heterocycles. The highest BCUT2D eigenvalue weighted by molar-refractivity contribution is 6.31. The topological polar surface area (TPSA) is 81.0 Å². The zero-order valence-corrected chi connectivity index (χ0v) is 10.5. The van der Waals surface area contributed by atoms with Crippen LogP contribution in [0.5, 0.6) is 0 Å². The van der Waals surface area contributed by atoms with Crippen molar-refractivity contribution in [2.45, 2.75) is 6.92 Å². The van der Waals surface area contributed by atoms with Gasteiger partial charge in [-0.25, -0.2) is 14.4 Å². The van der Waals surface area contributed by atoms with E-state index in [9.17, 15) is 14.5 Å². The Labute approximate surface area is 112 Å². The summed E-state index contributed by atoms with van der Waals surface area (Å²) in [5, 5.41) is 13.3. The lowest BCUT2D eigenvalue weighted by Crippen LogP contribution is -2.03. The van der Waals surface area contributed by atoms with E-state index < -0.39 is 16.4 Å². The average Bonchev–Trinajstić information content (AvgIpc) is 2.34. The number of hydrogen-bond donors (Lipinski definition) is 1. The van der Waals surface area contributed by atoms with Gasteiger partial charge in [-0.05, 0) is 19.1 Å². The molecule has 1 aromatic carbocycles. The molecule has 98 valence electrons. The van der Waals surface area contributed by atoms with Gasteiger partial charge in [-0.2, -0.15) is 0 Å². The SMILES string of the molecule is Cc1c(F)cccc1Nc1ncnc(Cl)c1[N+](=O)[O-]. The lowest BCUT2D eigenvalue weighted by molar-refractivity contribution is -0.384. The Kier molecular flexibility index (Phi) is 3.57. The minimum Gasteiger partial charge on any atom is -0.334 e. The van der Waals surface area contributed by atoms with E-state index in [1.807, 2.05) is 0 Å². The molecular weight excluding hydrogens is 275 g/mol. The Bertz CT molecular complexity index is 651. The van der Waals surface area contributed by atoms with Crippen molar-refractivity contribution in [1.82, 2.24) is 9.97 Å². The first-order chi connectivity index (χ1) is 9.00. The smallest absolute Gasteiger partial charge is 0.334 e. The van der Waals surface area contributed by atoms with Gasteiger partial charge in [0, 0.05) is 11.3 Å². The van der Waals surface area contributed by atoms with Crippen LogP contribution in [-0.2, 0) is 0 Å². The van der Waals surface area contributed by atoms with E-state index >= 15 is 0 Å². The Balaban J connectivity index is 2.47. The molecule has 19 heavy (non-hydrogen) atoms. The second-order valence-corrected chi connectivity index (χ2v) is 4.01. The van der Waals surface area contributed by atoms with Gasteiger partial charge in [0.25, 0.3) is 0 Å². The fourth-order valence-corrected chi connectivity index (χ4v) is 1.68. The molecule has 8 heteroatoms. The molecule has 6 nitrogen and oxygen atoms in total. The van der Waals surface area contributed by atoms with E-state index in [1.54, 1.807) is 13.0 Å². The van der Waals surface area contributed by atoms with Crippen molar-refractivity contribution in [3.05, 3.63) is 51.2 Å². The van der Waals surface area contributed by atoms with Gasteiger partial charge < -0.3 is 5.32 Å². The van der Waals surface area contributed by atoms with Crippen molar-refractivity contribution in [2.24, 2.45) is 0 Å². The van der Waals surface area contributed by atoms with Crippen molar-refractivity contribution in [2.75, 3.05) is 5.32 Å². The van der Waals surface area contributed by atoms with Gasteiger partial charge in [0.2, 0.25) is 11.0 Å². The number of aromatic nitrogens is 2. The first kappa shape index (κ1) is 13.2. The molecule has 0 spiro atoms. The van der Waals surface area contributed by atoms with Crippen LogP contribution in [-0.4, -0.2) is 14.9 Å². The Morgan fingerprint density at radius 1 is 1.42 bits per heavy atom. The molecule has 0 aliphatic rings. The molecular formula is C11H8ClFN4O2. The molecule has 0 aliphatic carbocycles. The van der Waals surface area contributed by atoms with Crippen LogP contribution >= 0.6 is 11.6 Å². The van der Waals surface area contributed by atoms with Crippen molar-refractivity contribution >= 4 is 28.8 Å². The zero-order chi connectivity index (χ0) is 14.0. The molecule has 0 unspecified atom stereocenters. The molecule has 0 aliphatic heterocycles. The number of halogens is 2. The van der Waals surface area contributed by atoms with E-state index in [0.717, 1.165) is 6.33 Å². The van der Waals surface area contributed by atoms with E-state index in [2.05, 4.69) is 15.3 Å². The summed E-state index contributed by atoms with van der Waals surface area (Å²) in [4.78, 5) is 17.5. The summed E-state index contributed by atoms with van der Waals surface area (Å²) >= 11 is 5.65. The largest absolute Gasteiger partial charge is 0.348 e. The molecule has 0 saturated carbocycles. The number of rotatable bonds is 3. The Hall–Kier alpha value is -2.28. The second-order valence-electron chi connectivity index (χ2n) is 3.66. The number of nitro groups is 1. The molecule has 0 bridgehead atoms. The van der Waals surface area contributed by atoms with Gasteiger partial charge >= 0.3 is 5.69 Å². The van der Waals surface area contributed by atoms with Crippen molar-refractivity contribution in [3.8, 4) is 0 Å². The molecule has 0 radical (unpaired) electrons. The standard InChI is InChI=1S/C11H8ClFN4O2/c1-6-7(13)3-2-4-8(6)16-11-9(17(18)19)10(12)14-5-15-11/h2-5H,1H3,(H,14,15,16). The third kappa shape index (κ3) is 2.60. The Morgan fingerprint density at radius 3 is 2.84 bits per heavy atom. The quantitative estimate of drug-likeness (QED) is 0.531. The molecule has 0 saturated heterocycles. The van der Waals surface area contributed by atoms with Crippen LogP contribution in [0.4, 0.5) is 21.6 Å². The first-order valence-corrected chi connectivity index (χ1v) is 5.55. The molecule has 0 fully saturated rings. The van der Waals surface area contributed by atoms with Crippen LogP contribution < -0.4 is 5.32 Å². The fraction of sp³-hybridized carbons (Fsp3) is 0.0909. The van der Waals surface area contributed by atoms with E-state index in [4.69, 9.17) is 11.6 Å². The number of hydrogen-bond acceptors (Lipinski definition) is 5. The summed E-state index contributed by atoms with van der Waals surface area (Å²) in [5.41, 5.74) is 0.247. The fourth-order valence-electron chi connectivity index (χ4n) is 1.48. The highest BCUT2D eigenvalue weighted by atomic mass is 35.5. The van der Waals surface area contributed by atoms with E-state index in [-0.39, 0.29) is 11.0 Å². The van der Waals surface area contributed by atoms with Gasteiger partial charge in [-0.3, -0.25) is 10.1 Å². The number of nitrogens with zero attached hydrogens (tertiary/aromatic N) is 3. The predicted molar refractivity (Wildman–Crippen MR) is 68.1 cm³/mol. The van der Waals surface area contributed by atoms with Gasteiger partial charge in [0.15, 0.2) is 0 Å². The molecule has 0 atom stereocenters. The van der Waals surface area contributed by atoms with E-state index in [1.165, 1.54) is 12.1 Å². The lowest BCUT2D eigenvalue weighted by atomic mass is 10.2. The summed E-state index contributed by atoms with van der Waals surface area (Å²) in [6, 6.07) is 4.36. The van der Waals surface area contributed by atoms with Crippen molar-refractivity contribution in [1.29, 1.82) is 0 Å². The third-order valence-corrected chi connectivity index (χ3v) is 2.76. The van der Waals surface area contributed by atoms with Crippen molar-refractivity contribution < 1.29 is 9.31 Å². The molecule has 0 amide bonds. The number of anilines is 2. The lowest BCUT2D eigenvalue weighted by Gasteiger charge is -2.09. The summed E-state index contributed by atoms with van der Waals surface area (Å²) in [6.45, 7) is 1.55. The normalized spacial score (nSPS) is 10.3. The van der Waals surface area contributed by atoms with Gasteiger partial charge in [-0.1, -0.05) is 17.7 Å². The van der Waals surface area contributed by atoms with Crippen LogP contribution in [0.25, 0.3) is 0 Å². The maximum atomic E-state index is 13.4. The van der Waals surface area contributed by atoms with Crippen LogP contribution in [0.1, 0.15) is 5.56 Å². The highest BCUT2D eigenvalue weighted by Gasteiger charge is 2.22. The summed E-state index contributed by atoms with van der Waals surface area (Å²) < 4.78 is 13.4. The zero-order valence-electron chi connectivity index (χ0n) is 9.72. The minimum absolute atomic E-state index is 0.0845. The van der Waals surface area contributed by atoms with Crippen LogP contribution in [0.15, 0.2) is 24.5 Å². The summed E-state index contributed by atoms with van der Waals surface area (Å²) in [5.74, 6) is -0.508. The third-order valence-electron chi connectivity index (χ3n) is 2.48. The minimum atomic E-state index is -0.695. The van der Waals surface area contributed by atoms with Gasteiger partial charge in [0.1, 0.15) is 12.1 Å². The van der Waals surface area contributed by atoms with Crippen LogP contribution in [0.2, 0.25) is 5.15 Å². The average molecular weight is 283 g/mol. The van der Waals surface area contributed by atoms with Crippen LogP contribution in [0.3, 0.4) is 0 Å². The van der Waals surface area contributed by atoms with Gasteiger partial charge in [0.05, 0.1) is 4.92 Å². The number of benzene rings is 1. The predicted octanol–water partition coefficient (Wildman–Crippen LogP) is 3.23. The summed E-state index contributed by atoms with van der Waals surface area (Å²) in [6.07, 6.45) is 1.09. The first-order valence-electron chi connectivity index (χ1n) is 5.17. The molecule has 1 aromatic heterocycles. The molecule has 1 N–H and O–H groups in total. The molecule has 2 rings (SSSR count). The van der Waals surface area contributed by atoms with Gasteiger partial charge in [-0.15, -0.1) is 0 Å². The Morgan fingerprint density at radius 2 is 2.16 bits per heavy atom. The molecule has 2 aromatic rings. The summed E-state index contributed by atoms with van der Waals surface area (Å²) in [7, 11) is 0. The highest BCUT2D eigenvalue weighted by Crippen LogP contribution is 2.31. The van der Waals surface area contributed by atoms with Crippen LogP contribution in [0, 0.1) is 22.9 Å². The van der Waals surface area contributed by atoms with Crippen molar-refractivity contribution in [3.63, 3.8) is 0 Å². The monoisotopic (exact) mass is 282 g/mol. The maximum Gasteiger partial charge on any atom is 0.348 e. The number of nitrogens with one attached hydrogen (secondary N) is 1. The van der Waals surface area contributed by atoms with E-state index in [0.29, 0.717) is 11.3 Å². The second kappa shape index (κ2) is 5.15. The maximum absolute atomic E-state index is 13.4.